The van der Waals surface area contributed by atoms with Gasteiger partial charge in [-0.25, -0.2) is 0 Å². The maximum Gasteiger partial charge on any atom is 0.417 e. The first kappa shape index (κ1) is 21.4. The van der Waals surface area contributed by atoms with Gasteiger partial charge in [0, 0.05) is 24.5 Å². The van der Waals surface area contributed by atoms with Crippen molar-refractivity contribution in [3.05, 3.63) is 71.5 Å². The standard InChI is InChI=1S/C22H20F3NO4/c23-22(24,25)19-6-2-1-5-18(19)20-14-17(30-26-20)4-3-13-29-16-10-7-15(8-11-16)9-12-21(27)28/h1-2,5-8,10-11,14H,3-4,9,12-13H2,(H,27,28). The van der Waals surface area contributed by atoms with E-state index >= 15 is 0 Å². The van der Waals surface area contributed by atoms with Crippen LogP contribution in [0.5, 0.6) is 5.75 Å². The van der Waals surface area contributed by atoms with E-state index in [1.165, 1.54) is 24.3 Å². The molecule has 30 heavy (non-hydrogen) atoms. The summed E-state index contributed by atoms with van der Waals surface area (Å²) in [6.07, 6.45) is -2.87. The smallest absolute Gasteiger partial charge is 0.417 e. The lowest BCUT2D eigenvalue weighted by Gasteiger charge is -2.10. The van der Waals surface area contributed by atoms with Gasteiger partial charge in [-0.15, -0.1) is 0 Å². The van der Waals surface area contributed by atoms with Crippen molar-refractivity contribution >= 4 is 5.97 Å². The van der Waals surface area contributed by atoms with E-state index in [0.29, 0.717) is 37.4 Å². The third-order valence-corrected chi connectivity index (χ3v) is 4.45. The quantitative estimate of drug-likeness (QED) is 0.471. The van der Waals surface area contributed by atoms with Crippen LogP contribution in [0.25, 0.3) is 11.3 Å². The average Bonchev–Trinajstić information content (AvgIpc) is 3.19. The van der Waals surface area contributed by atoms with Crippen molar-refractivity contribution in [3.8, 4) is 17.0 Å². The van der Waals surface area contributed by atoms with Crippen LogP contribution in [0.2, 0.25) is 0 Å². The van der Waals surface area contributed by atoms with E-state index in [1.807, 2.05) is 12.1 Å². The molecule has 0 bridgehead atoms. The van der Waals surface area contributed by atoms with Gasteiger partial charge < -0.3 is 14.4 Å². The summed E-state index contributed by atoms with van der Waals surface area (Å²) in [5.41, 5.74) is 0.299. The molecule has 0 aliphatic heterocycles. The molecule has 0 aliphatic carbocycles. The number of rotatable bonds is 9. The SMILES string of the molecule is O=C(O)CCc1ccc(OCCCc2cc(-c3ccccc3C(F)(F)F)no2)cc1. The molecule has 3 aromatic rings. The van der Waals surface area contributed by atoms with Gasteiger partial charge in [0.15, 0.2) is 0 Å². The molecule has 0 atom stereocenters. The molecule has 158 valence electrons. The van der Waals surface area contributed by atoms with E-state index in [4.69, 9.17) is 14.4 Å². The number of aryl methyl sites for hydroxylation is 2. The molecular formula is C22H20F3NO4. The Kier molecular flexibility index (Phi) is 6.76. The number of benzene rings is 2. The normalized spacial score (nSPS) is 11.4. The second-order valence-corrected chi connectivity index (χ2v) is 6.71. The first-order chi connectivity index (χ1) is 14.3. The van der Waals surface area contributed by atoms with Crippen LogP contribution >= 0.6 is 0 Å². The molecule has 0 aliphatic rings. The van der Waals surface area contributed by atoms with Crippen LogP contribution in [-0.4, -0.2) is 22.8 Å². The maximum absolute atomic E-state index is 13.2. The van der Waals surface area contributed by atoms with Crippen LogP contribution in [0.1, 0.15) is 29.7 Å². The highest BCUT2D eigenvalue weighted by Gasteiger charge is 2.34. The van der Waals surface area contributed by atoms with Crippen LogP contribution in [-0.2, 0) is 23.8 Å². The minimum absolute atomic E-state index is 0.0146. The lowest BCUT2D eigenvalue weighted by molar-refractivity contribution is -0.137. The summed E-state index contributed by atoms with van der Waals surface area (Å²) in [6.45, 7) is 0.393. The third-order valence-electron chi connectivity index (χ3n) is 4.45. The molecule has 1 aromatic heterocycles. The van der Waals surface area contributed by atoms with Crippen molar-refractivity contribution in [2.24, 2.45) is 0 Å². The van der Waals surface area contributed by atoms with Crippen LogP contribution in [0.3, 0.4) is 0 Å². The average molecular weight is 419 g/mol. The number of hydrogen-bond donors (Lipinski definition) is 1. The number of carbonyl (C=O) groups is 1. The predicted molar refractivity (Wildman–Crippen MR) is 103 cm³/mol. The molecule has 2 aromatic carbocycles. The fourth-order valence-electron chi connectivity index (χ4n) is 2.95. The van der Waals surface area contributed by atoms with Gasteiger partial charge in [-0.1, -0.05) is 35.5 Å². The second kappa shape index (κ2) is 9.47. The fourth-order valence-corrected chi connectivity index (χ4v) is 2.95. The van der Waals surface area contributed by atoms with E-state index < -0.39 is 17.7 Å². The molecular weight excluding hydrogens is 399 g/mol. The number of nitrogens with zero attached hydrogens (tertiary/aromatic N) is 1. The van der Waals surface area contributed by atoms with Crippen molar-refractivity contribution in [2.75, 3.05) is 6.61 Å². The molecule has 0 radical (unpaired) electrons. The largest absolute Gasteiger partial charge is 0.494 e. The topological polar surface area (TPSA) is 72.6 Å². The second-order valence-electron chi connectivity index (χ2n) is 6.71. The van der Waals surface area contributed by atoms with Gasteiger partial charge in [0.1, 0.15) is 17.2 Å². The van der Waals surface area contributed by atoms with Crippen LogP contribution < -0.4 is 4.74 Å². The number of alkyl halides is 3. The van der Waals surface area contributed by atoms with Gasteiger partial charge in [0.25, 0.3) is 0 Å². The Morgan fingerprint density at radius 1 is 1.07 bits per heavy atom. The Balaban J connectivity index is 1.50. The van der Waals surface area contributed by atoms with E-state index in [1.54, 1.807) is 12.1 Å². The zero-order valence-electron chi connectivity index (χ0n) is 16.0. The highest BCUT2D eigenvalue weighted by Crippen LogP contribution is 2.36. The van der Waals surface area contributed by atoms with Gasteiger partial charge in [0.2, 0.25) is 0 Å². The summed E-state index contributed by atoms with van der Waals surface area (Å²) in [4.78, 5) is 10.6. The van der Waals surface area contributed by atoms with Crippen molar-refractivity contribution in [2.45, 2.75) is 31.9 Å². The lowest BCUT2D eigenvalue weighted by atomic mass is 10.0. The summed E-state index contributed by atoms with van der Waals surface area (Å²) in [6, 6.07) is 14.0. The summed E-state index contributed by atoms with van der Waals surface area (Å²) in [5, 5.41) is 12.5. The van der Waals surface area contributed by atoms with Crippen molar-refractivity contribution in [3.63, 3.8) is 0 Å². The van der Waals surface area contributed by atoms with Crippen molar-refractivity contribution in [1.29, 1.82) is 0 Å². The highest BCUT2D eigenvalue weighted by atomic mass is 19.4. The molecule has 0 unspecified atom stereocenters. The zero-order chi connectivity index (χ0) is 21.6. The van der Waals surface area contributed by atoms with E-state index in [-0.39, 0.29) is 17.7 Å². The minimum atomic E-state index is -4.47. The molecule has 8 heteroatoms. The molecule has 0 amide bonds. The van der Waals surface area contributed by atoms with E-state index in [0.717, 1.165) is 11.6 Å². The number of aromatic nitrogens is 1. The summed E-state index contributed by atoms with van der Waals surface area (Å²) >= 11 is 0. The molecule has 3 rings (SSSR count). The predicted octanol–water partition coefficient (Wildman–Crippen LogP) is 5.39. The molecule has 1 N–H and O–H groups in total. The monoisotopic (exact) mass is 419 g/mol. The fraction of sp³-hybridized carbons (Fsp3) is 0.273. The number of ether oxygens (including phenoxy) is 1. The van der Waals surface area contributed by atoms with Crippen LogP contribution in [0.15, 0.2) is 59.1 Å². The van der Waals surface area contributed by atoms with Gasteiger partial charge in [-0.05, 0) is 36.6 Å². The lowest BCUT2D eigenvalue weighted by Crippen LogP contribution is -2.06. The number of carboxylic acids is 1. The first-order valence-electron chi connectivity index (χ1n) is 9.38. The Labute approximate surface area is 171 Å². The number of halogens is 3. The molecule has 0 saturated heterocycles. The number of carboxylic acid groups (broad SMARTS) is 1. The summed E-state index contributed by atoms with van der Waals surface area (Å²) < 4.78 is 50.3. The summed E-state index contributed by atoms with van der Waals surface area (Å²) in [5.74, 6) is 0.300. The number of hydrogen-bond acceptors (Lipinski definition) is 4. The molecule has 0 fully saturated rings. The minimum Gasteiger partial charge on any atom is -0.494 e. The van der Waals surface area contributed by atoms with E-state index in [9.17, 15) is 18.0 Å². The van der Waals surface area contributed by atoms with Gasteiger partial charge in [-0.2, -0.15) is 13.2 Å². The molecule has 5 nitrogen and oxygen atoms in total. The highest BCUT2D eigenvalue weighted by molar-refractivity contribution is 5.67. The van der Waals surface area contributed by atoms with Crippen LogP contribution in [0, 0.1) is 0 Å². The van der Waals surface area contributed by atoms with Gasteiger partial charge in [0.05, 0.1) is 12.2 Å². The Bertz CT molecular complexity index is 981. The molecule has 0 spiro atoms. The zero-order valence-corrected chi connectivity index (χ0v) is 16.0. The molecule has 1 heterocycles. The Hall–Kier alpha value is -3.29. The van der Waals surface area contributed by atoms with Crippen molar-refractivity contribution < 1.29 is 32.3 Å². The van der Waals surface area contributed by atoms with Crippen molar-refractivity contribution in [1.82, 2.24) is 5.16 Å². The van der Waals surface area contributed by atoms with Crippen LogP contribution in [0.4, 0.5) is 13.2 Å². The Morgan fingerprint density at radius 3 is 2.50 bits per heavy atom. The third kappa shape index (κ3) is 5.85. The van der Waals surface area contributed by atoms with E-state index in [2.05, 4.69) is 5.16 Å². The maximum atomic E-state index is 13.2. The number of aliphatic carboxylic acids is 1. The first-order valence-corrected chi connectivity index (χ1v) is 9.38. The molecule has 0 saturated carbocycles. The van der Waals surface area contributed by atoms with Gasteiger partial charge in [-0.3, -0.25) is 4.79 Å². The Morgan fingerprint density at radius 2 is 1.80 bits per heavy atom. The van der Waals surface area contributed by atoms with Gasteiger partial charge >= 0.3 is 12.1 Å². The summed E-state index contributed by atoms with van der Waals surface area (Å²) in [7, 11) is 0.